The largest absolute Gasteiger partial charge is 0.496 e. The normalized spacial score (nSPS) is 10.6. The highest BCUT2D eigenvalue weighted by molar-refractivity contribution is 5.67. The minimum Gasteiger partial charge on any atom is -0.496 e. The number of rotatable bonds is 7. The van der Waals surface area contributed by atoms with Crippen LogP contribution in [0.25, 0.3) is 11.3 Å². The molecule has 0 saturated heterocycles. The quantitative estimate of drug-likeness (QED) is 0.581. The lowest BCUT2D eigenvalue weighted by Crippen LogP contribution is -1.99. The first-order valence-corrected chi connectivity index (χ1v) is 8.49. The van der Waals surface area contributed by atoms with Crippen LogP contribution in [0.15, 0.2) is 42.7 Å². The fourth-order valence-corrected chi connectivity index (χ4v) is 2.94. The summed E-state index contributed by atoms with van der Waals surface area (Å²) in [7, 11) is 2.93. The molecule has 0 fully saturated rings. The predicted octanol–water partition coefficient (Wildman–Crippen LogP) is 3.77. The Morgan fingerprint density at radius 2 is 1.71 bits per heavy atom. The number of halogens is 2. The van der Waals surface area contributed by atoms with Crippen LogP contribution in [0, 0.1) is 11.6 Å². The third kappa shape index (κ3) is 4.14. The molecular weight excluding hydrogens is 366 g/mol. The van der Waals surface area contributed by atoms with Crippen LogP contribution in [-0.2, 0) is 17.6 Å². The molecule has 0 atom stereocenters. The van der Waals surface area contributed by atoms with Crippen LogP contribution >= 0.6 is 0 Å². The van der Waals surface area contributed by atoms with Crippen molar-refractivity contribution in [2.75, 3.05) is 14.2 Å². The van der Waals surface area contributed by atoms with Crippen molar-refractivity contribution < 1.29 is 23.0 Å². The summed E-state index contributed by atoms with van der Waals surface area (Å²) < 4.78 is 37.6. The monoisotopic (exact) mass is 384 g/mol. The zero-order valence-electron chi connectivity index (χ0n) is 15.4. The zero-order chi connectivity index (χ0) is 20.1. The average molecular weight is 384 g/mol. The molecule has 0 aliphatic carbocycles. The summed E-state index contributed by atoms with van der Waals surface area (Å²) >= 11 is 0. The molecule has 0 N–H and O–H groups in total. The molecule has 7 heteroatoms. The van der Waals surface area contributed by atoms with Gasteiger partial charge in [-0.1, -0.05) is 12.1 Å². The van der Waals surface area contributed by atoms with Crippen LogP contribution < -0.4 is 9.47 Å². The molecule has 2 aromatic carbocycles. The van der Waals surface area contributed by atoms with E-state index in [4.69, 9.17) is 9.47 Å². The van der Waals surface area contributed by atoms with Crippen LogP contribution in [0.1, 0.15) is 16.8 Å². The van der Waals surface area contributed by atoms with Crippen LogP contribution in [0.2, 0.25) is 0 Å². The maximum atomic E-state index is 13.7. The van der Waals surface area contributed by atoms with Gasteiger partial charge in [0.25, 0.3) is 0 Å². The Bertz CT molecular complexity index is 1010. The highest BCUT2D eigenvalue weighted by Gasteiger charge is 2.14. The first-order chi connectivity index (χ1) is 13.5. The molecule has 1 aromatic heterocycles. The Hall–Kier alpha value is -3.35. The van der Waals surface area contributed by atoms with E-state index >= 15 is 0 Å². The van der Waals surface area contributed by atoms with Gasteiger partial charge in [-0.15, -0.1) is 0 Å². The Morgan fingerprint density at radius 1 is 0.964 bits per heavy atom. The van der Waals surface area contributed by atoms with E-state index in [0.717, 1.165) is 29.5 Å². The molecule has 28 heavy (non-hydrogen) atoms. The van der Waals surface area contributed by atoms with Gasteiger partial charge in [0.05, 0.1) is 19.9 Å². The van der Waals surface area contributed by atoms with Crippen LogP contribution in [0.3, 0.4) is 0 Å². The van der Waals surface area contributed by atoms with E-state index < -0.39 is 11.6 Å². The van der Waals surface area contributed by atoms with Gasteiger partial charge in [-0.05, 0) is 23.8 Å². The van der Waals surface area contributed by atoms with Crippen molar-refractivity contribution >= 4 is 6.29 Å². The van der Waals surface area contributed by atoms with Gasteiger partial charge in [-0.25, -0.2) is 18.7 Å². The van der Waals surface area contributed by atoms with Crippen molar-refractivity contribution in [1.82, 2.24) is 9.97 Å². The number of carbonyl (C=O) groups excluding carboxylic acids is 1. The summed E-state index contributed by atoms with van der Waals surface area (Å²) in [5.41, 5.74) is 3.15. The molecule has 0 unspecified atom stereocenters. The molecule has 0 aliphatic rings. The average Bonchev–Trinajstić information content (AvgIpc) is 2.70. The van der Waals surface area contributed by atoms with E-state index in [-0.39, 0.29) is 12.2 Å². The Balaban J connectivity index is 1.94. The number of nitrogens with zero attached hydrogens (tertiary/aromatic N) is 2. The predicted molar refractivity (Wildman–Crippen MR) is 99.5 cm³/mol. The van der Waals surface area contributed by atoms with Crippen LogP contribution in [0.4, 0.5) is 8.78 Å². The van der Waals surface area contributed by atoms with Gasteiger partial charge in [-0.2, -0.15) is 0 Å². The summed E-state index contributed by atoms with van der Waals surface area (Å²) in [4.78, 5) is 19.3. The maximum absolute atomic E-state index is 13.7. The van der Waals surface area contributed by atoms with Crippen molar-refractivity contribution in [1.29, 1.82) is 0 Å². The first kappa shape index (κ1) is 19.4. The molecule has 0 bridgehead atoms. The lowest BCUT2D eigenvalue weighted by Gasteiger charge is -2.11. The van der Waals surface area contributed by atoms with Crippen molar-refractivity contribution in [2.24, 2.45) is 0 Å². The third-order valence-corrected chi connectivity index (χ3v) is 4.28. The minimum absolute atomic E-state index is 0.182. The molecule has 0 saturated carbocycles. The molecule has 144 valence electrons. The fourth-order valence-electron chi connectivity index (χ4n) is 2.94. The number of hydrogen-bond donors (Lipinski definition) is 0. The van der Waals surface area contributed by atoms with Gasteiger partial charge in [0.1, 0.15) is 24.1 Å². The lowest BCUT2D eigenvalue weighted by atomic mass is 10.0. The van der Waals surface area contributed by atoms with Crippen LogP contribution in [0.5, 0.6) is 11.5 Å². The Kier molecular flexibility index (Phi) is 5.93. The van der Waals surface area contributed by atoms with E-state index in [9.17, 15) is 13.6 Å². The van der Waals surface area contributed by atoms with E-state index in [0.29, 0.717) is 29.1 Å². The van der Waals surface area contributed by atoms with Gasteiger partial charge >= 0.3 is 0 Å². The van der Waals surface area contributed by atoms with Crippen molar-refractivity contribution in [3.05, 3.63) is 71.2 Å². The highest BCUT2D eigenvalue weighted by Crippen LogP contribution is 2.31. The number of benzene rings is 2. The third-order valence-electron chi connectivity index (χ3n) is 4.28. The molecule has 3 rings (SSSR count). The van der Waals surface area contributed by atoms with Crippen molar-refractivity contribution in [3.8, 4) is 22.8 Å². The lowest BCUT2D eigenvalue weighted by molar-refractivity contribution is -0.107. The van der Waals surface area contributed by atoms with Gasteiger partial charge in [0.2, 0.25) is 0 Å². The SMILES string of the molecule is COc1ccc(Cc2cc(-c3cc(F)c(F)cc3OC)ncn2)cc1CC=O. The number of ether oxygens (including phenoxy) is 2. The van der Waals surface area contributed by atoms with Crippen molar-refractivity contribution in [3.63, 3.8) is 0 Å². The molecule has 0 spiro atoms. The summed E-state index contributed by atoms with van der Waals surface area (Å²) in [6.07, 6.45) is 2.90. The number of hydrogen-bond acceptors (Lipinski definition) is 5. The summed E-state index contributed by atoms with van der Waals surface area (Å²) in [5, 5.41) is 0. The number of carbonyl (C=O) groups is 1. The Morgan fingerprint density at radius 3 is 2.43 bits per heavy atom. The highest BCUT2D eigenvalue weighted by atomic mass is 19.2. The molecule has 0 amide bonds. The van der Waals surface area contributed by atoms with Gasteiger partial charge in [0.15, 0.2) is 11.6 Å². The van der Waals surface area contributed by atoms with Crippen LogP contribution in [-0.4, -0.2) is 30.5 Å². The minimum atomic E-state index is -0.990. The van der Waals surface area contributed by atoms with E-state index in [2.05, 4.69) is 9.97 Å². The fraction of sp³-hybridized carbons (Fsp3) is 0.190. The number of methoxy groups -OCH3 is 2. The standard InChI is InChI=1S/C21H18F2N2O3/c1-27-20-4-3-13(7-14(20)5-6-26)8-15-9-19(25-12-24-15)16-10-17(22)18(23)11-21(16)28-2/h3-4,6-7,9-12H,5,8H2,1-2H3. The zero-order valence-corrected chi connectivity index (χ0v) is 15.4. The number of aldehydes is 1. The second kappa shape index (κ2) is 8.56. The molecule has 5 nitrogen and oxygen atoms in total. The van der Waals surface area contributed by atoms with Gasteiger partial charge in [-0.3, -0.25) is 0 Å². The first-order valence-electron chi connectivity index (χ1n) is 8.49. The van der Waals surface area contributed by atoms with E-state index in [1.807, 2.05) is 12.1 Å². The summed E-state index contributed by atoms with van der Waals surface area (Å²) in [6.45, 7) is 0. The second-order valence-corrected chi connectivity index (χ2v) is 6.05. The molecule has 1 heterocycles. The summed E-state index contributed by atoms with van der Waals surface area (Å²) in [6, 6.07) is 9.30. The molecule has 0 aliphatic heterocycles. The Labute approximate surface area is 161 Å². The molecule has 0 radical (unpaired) electrons. The van der Waals surface area contributed by atoms with Crippen molar-refractivity contribution in [2.45, 2.75) is 12.8 Å². The van der Waals surface area contributed by atoms with E-state index in [1.54, 1.807) is 19.2 Å². The smallest absolute Gasteiger partial charge is 0.162 e. The number of aromatic nitrogens is 2. The van der Waals surface area contributed by atoms with Gasteiger partial charge in [0, 0.05) is 35.7 Å². The van der Waals surface area contributed by atoms with Gasteiger partial charge < -0.3 is 14.3 Å². The topological polar surface area (TPSA) is 61.3 Å². The second-order valence-electron chi connectivity index (χ2n) is 6.05. The molecule has 3 aromatic rings. The van der Waals surface area contributed by atoms with E-state index in [1.165, 1.54) is 13.4 Å². The summed E-state index contributed by atoms with van der Waals surface area (Å²) in [5.74, 6) is -1.15. The molecular formula is C21H18F2N2O3. The maximum Gasteiger partial charge on any atom is 0.162 e.